The molecule has 23 atom stereocenters. The van der Waals surface area contributed by atoms with Gasteiger partial charge in [-0.15, -0.1) is 0 Å². The van der Waals surface area contributed by atoms with Crippen LogP contribution in [0, 0.1) is 34.5 Å². The van der Waals surface area contributed by atoms with E-state index in [9.17, 15) is 49.8 Å². The first-order valence-corrected chi connectivity index (χ1v) is 29.7. The van der Waals surface area contributed by atoms with Gasteiger partial charge in [-0.25, -0.2) is 9.59 Å². The Labute approximate surface area is 498 Å². The molecule has 4 saturated heterocycles. The van der Waals surface area contributed by atoms with Crippen LogP contribution in [0.2, 0.25) is 0 Å². The van der Waals surface area contributed by atoms with E-state index >= 15 is 0 Å². The van der Waals surface area contributed by atoms with Crippen molar-refractivity contribution in [1.82, 2.24) is 0 Å². The predicted octanol–water partition coefficient (Wildman–Crippen LogP) is 3.22. The van der Waals surface area contributed by atoms with E-state index < -0.39 is 122 Å². The Hall–Kier alpha value is -5.16. The zero-order valence-corrected chi connectivity index (χ0v) is 49.4. The Morgan fingerprint density at radius 2 is 1.01 bits per heavy atom. The first-order valence-electron chi connectivity index (χ1n) is 29.7. The molecule has 0 spiro atoms. The number of hydrogen-bond donors (Lipinski definition) is 6. The molecule has 4 aliphatic heterocycles. The Morgan fingerprint density at radius 3 is 1.51 bits per heavy atom. The lowest BCUT2D eigenvalue weighted by molar-refractivity contribution is -0.339. The third kappa shape index (κ3) is 13.3. The highest BCUT2D eigenvalue weighted by molar-refractivity contribution is 5.90. The number of ether oxygens (including phenoxy) is 14. The molecule has 8 aliphatic rings. The maximum absolute atomic E-state index is 13.3. The van der Waals surface area contributed by atoms with E-state index in [1.54, 1.807) is 24.3 Å². The van der Waals surface area contributed by atoms with Gasteiger partial charge in [0.1, 0.15) is 60.3 Å². The van der Waals surface area contributed by atoms with Crippen LogP contribution in [-0.2, 0) is 66.4 Å². The van der Waals surface area contributed by atoms with Gasteiger partial charge in [0.05, 0.1) is 64.5 Å². The second-order valence-corrected chi connectivity index (χ2v) is 24.4. The van der Waals surface area contributed by atoms with E-state index in [0.29, 0.717) is 42.1 Å². The highest BCUT2D eigenvalue weighted by Gasteiger charge is 2.59. The fourth-order valence-corrected chi connectivity index (χ4v) is 14.5. The highest BCUT2D eigenvalue weighted by Crippen LogP contribution is 2.66. The van der Waals surface area contributed by atoms with Crippen LogP contribution in [0.1, 0.15) is 100 Å². The smallest absolute Gasteiger partial charge is 0.338 e. The average Bonchev–Trinajstić information content (AvgIpc) is 1.82. The quantitative estimate of drug-likeness (QED) is 0.0709. The number of esters is 4. The first-order chi connectivity index (χ1) is 41.1. The number of allylic oxidation sites excluding steroid dienone is 2. The molecule has 4 aliphatic carbocycles. The molecule has 24 heteroatoms. The van der Waals surface area contributed by atoms with Crippen molar-refractivity contribution in [2.24, 2.45) is 34.5 Å². The SMILES string of the molecule is COc1ccc(C(=O)O[C@H]2[C@H](O[C@@H]3[C@@H](OC(C)=O)[C@H](OC[C@@H](C)C4=CC[C@H]5[C@@H]6CC=C7C[C@@H](O[C@@H]8OC[C@H](O)[C@H](O[C@@H]9OC[C@@H](O)[C@H](O)[C@H]9OC(=O)c9ccc(OC)cc9)[C@H]8OC(C)=O)CC[C@]7(C)[C@H]6CC[C@]45C)OC[C@@H]3O)OC[C@@H](O)[C@@H]2O)cc1. The Kier molecular flexibility index (Phi) is 20.0. The summed E-state index contributed by atoms with van der Waals surface area (Å²) in [5, 5.41) is 65.8. The van der Waals surface area contributed by atoms with Crippen LogP contribution in [0.15, 0.2) is 71.8 Å². The summed E-state index contributed by atoms with van der Waals surface area (Å²) >= 11 is 0. The van der Waals surface area contributed by atoms with Crippen molar-refractivity contribution >= 4 is 23.9 Å². The zero-order valence-electron chi connectivity index (χ0n) is 49.4. The lowest BCUT2D eigenvalue weighted by Gasteiger charge is -2.58. The molecule has 6 fully saturated rings. The summed E-state index contributed by atoms with van der Waals surface area (Å²) in [5.41, 5.74) is 2.54. The standard InChI is InChI=1S/C62H82O24/c1-30(25-75-57-53(80-31(2)63)49(45(67)28-76-57)85-58-51(47(69)43(65)26-77-58)83-55(71)33-8-13-36(73-6)14-9-33)40-18-19-41-39-17-12-35-24-38(20-22-61(35,4)42(39)21-23-62(40,41)5)82-60-54(81-32(3)64)50(46(68)29-79-60)86-59-52(48(70)44(66)27-78-59)84-56(72)34-10-15-37(74-7)16-11-34/h8-16,18,30,38-39,41-54,57-60,65-70H,17,19-29H2,1-7H3/t30-,38+,39+,41+,42+,43-,44-,45+,46+,47+,48+,49+,50+,51-,52-,53-,54-,57-,58+,59+,60+,61+,62-/m1/s1. The molecule has 2 saturated carbocycles. The van der Waals surface area contributed by atoms with Crippen LogP contribution >= 0.6 is 0 Å². The van der Waals surface area contributed by atoms with Gasteiger partial charge < -0.3 is 97.0 Å². The second-order valence-electron chi connectivity index (χ2n) is 24.4. The predicted molar refractivity (Wildman–Crippen MR) is 295 cm³/mol. The van der Waals surface area contributed by atoms with Crippen molar-refractivity contribution in [3.63, 3.8) is 0 Å². The molecular formula is C62H82O24. The van der Waals surface area contributed by atoms with Gasteiger partial charge in [0, 0.05) is 19.8 Å². The molecule has 4 heterocycles. The van der Waals surface area contributed by atoms with Gasteiger partial charge in [-0.3, -0.25) is 9.59 Å². The number of benzene rings is 2. The van der Waals surface area contributed by atoms with Crippen LogP contribution in [0.3, 0.4) is 0 Å². The summed E-state index contributed by atoms with van der Waals surface area (Å²) in [5.74, 6) is -1.08. The molecule has 86 heavy (non-hydrogen) atoms. The number of hydrogen-bond acceptors (Lipinski definition) is 24. The number of methoxy groups -OCH3 is 2. The Balaban J connectivity index is 0.765. The van der Waals surface area contributed by atoms with Crippen LogP contribution in [0.5, 0.6) is 11.5 Å². The zero-order chi connectivity index (χ0) is 61.4. The lowest BCUT2D eigenvalue weighted by Crippen LogP contribution is -2.62. The average molecular weight is 1210 g/mol. The van der Waals surface area contributed by atoms with Gasteiger partial charge in [-0.1, -0.05) is 44.1 Å². The maximum Gasteiger partial charge on any atom is 0.338 e. The lowest BCUT2D eigenvalue weighted by atomic mass is 9.47. The van der Waals surface area contributed by atoms with E-state index in [1.165, 1.54) is 63.5 Å². The molecule has 24 nitrogen and oxygen atoms in total. The van der Waals surface area contributed by atoms with Gasteiger partial charge in [0.15, 0.2) is 49.6 Å². The fourth-order valence-electron chi connectivity index (χ4n) is 14.5. The van der Waals surface area contributed by atoms with Crippen molar-refractivity contribution < 1.29 is 116 Å². The second kappa shape index (κ2) is 26.9. The molecule has 0 unspecified atom stereocenters. The minimum Gasteiger partial charge on any atom is -0.497 e. The molecule has 0 radical (unpaired) electrons. The van der Waals surface area contributed by atoms with E-state index in [2.05, 4.69) is 32.9 Å². The van der Waals surface area contributed by atoms with Crippen molar-refractivity contribution in [2.75, 3.05) is 47.3 Å². The minimum absolute atomic E-state index is 0.102. The fraction of sp³-hybridized carbons (Fsp3) is 0.677. The molecule has 0 amide bonds. The van der Waals surface area contributed by atoms with Crippen LogP contribution in [0.4, 0.5) is 0 Å². The molecule has 2 aromatic carbocycles. The summed E-state index contributed by atoms with van der Waals surface area (Å²) in [7, 11) is 2.96. The van der Waals surface area contributed by atoms with E-state index in [-0.39, 0.29) is 67.0 Å². The number of aliphatic hydroxyl groups excluding tert-OH is 6. The van der Waals surface area contributed by atoms with Gasteiger partial charge >= 0.3 is 23.9 Å². The van der Waals surface area contributed by atoms with Gasteiger partial charge in [0.25, 0.3) is 0 Å². The number of carbonyl (C=O) groups excluding carboxylic acids is 4. The number of rotatable bonds is 18. The van der Waals surface area contributed by atoms with Crippen LogP contribution in [-0.4, -0.2) is 206 Å². The van der Waals surface area contributed by atoms with Gasteiger partial charge in [-0.2, -0.15) is 0 Å². The van der Waals surface area contributed by atoms with Gasteiger partial charge in [0.2, 0.25) is 0 Å². The summed E-state index contributed by atoms with van der Waals surface area (Å²) in [6.07, 6.45) is -12.6. The number of fused-ring (bicyclic) bond motifs is 5. The van der Waals surface area contributed by atoms with E-state index in [1.807, 2.05) is 0 Å². The van der Waals surface area contributed by atoms with Crippen LogP contribution in [0.25, 0.3) is 0 Å². The normalized spacial score (nSPS) is 39.8. The number of carbonyl (C=O) groups is 4. The Morgan fingerprint density at radius 1 is 0.547 bits per heavy atom. The topological polar surface area (TPSA) is 319 Å². The summed E-state index contributed by atoms with van der Waals surface area (Å²) in [6.45, 7) is 8.06. The van der Waals surface area contributed by atoms with Crippen molar-refractivity contribution in [2.45, 2.75) is 184 Å². The molecule has 2 aromatic rings. The van der Waals surface area contributed by atoms with Crippen molar-refractivity contribution in [3.05, 3.63) is 83.0 Å². The number of aliphatic hydroxyl groups is 6. The minimum atomic E-state index is -1.64. The Bertz CT molecular complexity index is 2760. The monoisotopic (exact) mass is 1210 g/mol. The first kappa shape index (κ1) is 63.8. The molecule has 10 rings (SSSR count). The molecule has 6 N–H and O–H groups in total. The van der Waals surface area contributed by atoms with E-state index in [0.717, 1.165) is 32.1 Å². The summed E-state index contributed by atoms with van der Waals surface area (Å²) < 4.78 is 82.4. The molecule has 0 bridgehead atoms. The third-order valence-corrected chi connectivity index (χ3v) is 19.1. The summed E-state index contributed by atoms with van der Waals surface area (Å²) in [6, 6.07) is 12.1. The van der Waals surface area contributed by atoms with E-state index in [4.69, 9.17) is 66.3 Å². The summed E-state index contributed by atoms with van der Waals surface area (Å²) in [4.78, 5) is 51.9. The van der Waals surface area contributed by atoms with Crippen molar-refractivity contribution in [3.8, 4) is 11.5 Å². The highest BCUT2D eigenvalue weighted by atomic mass is 16.8. The molecule has 0 aromatic heterocycles. The largest absolute Gasteiger partial charge is 0.497 e. The van der Waals surface area contributed by atoms with Crippen LogP contribution < -0.4 is 9.47 Å². The molecular weight excluding hydrogens is 1130 g/mol. The van der Waals surface area contributed by atoms with Crippen molar-refractivity contribution in [1.29, 1.82) is 0 Å². The van der Waals surface area contributed by atoms with Gasteiger partial charge in [-0.05, 0) is 122 Å². The maximum atomic E-state index is 13.3. The molecule has 474 valence electrons. The third-order valence-electron chi connectivity index (χ3n) is 19.1.